The van der Waals surface area contributed by atoms with Gasteiger partial charge in [0.05, 0.1) is 11.6 Å². The standard InChI is InChI=1S/C16H21F3N2/c1-12(21-11-15(2,3)9-4-10-20)13-5-7-14(8-6-13)16(17,18)19/h5-8,12,21H,4,9,11H2,1-3H3. The van der Waals surface area contributed by atoms with Crippen molar-refractivity contribution in [2.24, 2.45) is 5.41 Å². The van der Waals surface area contributed by atoms with Crippen LogP contribution in [0.4, 0.5) is 13.2 Å². The van der Waals surface area contributed by atoms with E-state index in [1.807, 2.05) is 6.92 Å². The maximum absolute atomic E-state index is 12.5. The average Bonchev–Trinajstić information content (AvgIpc) is 2.42. The summed E-state index contributed by atoms with van der Waals surface area (Å²) in [4.78, 5) is 0. The molecule has 21 heavy (non-hydrogen) atoms. The maximum atomic E-state index is 12.5. The SMILES string of the molecule is CC(NCC(C)(C)CCC#N)c1ccc(C(F)(F)F)cc1. The monoisotopic (exact) mass is 298 g/mol. The molecular formula is C16H21F3N2. The molecular weight excluding hydrogens is 277 g/mol. The number of nitrogens with one attached hydrogen (secondary N) is 1. The Balaban J connectivity index is 2.60. The number of nitriles is 1. The lowest BCUT2D eigenvalue weighted by Gasteiger charge is -2.26. The van der Waals surface area contributed by atoms with Crippen molar-refractivity contribution in [1.29, 1.82) is 5.26 Å². The molecule has 0 aromatic heterocycles. The van der Waals surface area contributed by atoms with Gasteiger partial charge in [0.2, 0.25) is 0 Å². The Bertz CT molecular complexity index is 484. The van der Waals surface area contributed by atoms with Gasteiger partial charge in [-0.15, -0.1) is 0 Å². The first kappa shape index (κ1) is 17.5. The van der Waals surface area contributed by atoms with E-state index in [0.717, 1.165) is 24.1 Å². The predicted molar refractivity (Wildman–Crippen MR) is 76.5 cm³/mol. The zero-order chi connectivity index (χ0) is 16.1. The summed E-state index contributed by atoms with van der Waals surface area (Å²) in [6.07, 6.45) is -3.01. The molecule has 116 valence electrons. The van der Waals surface area contributed by atoms with Gasteiger partial charge in [-0.1, -0.05) is 26.0 Å². The van der Waals surface area contributed by atoms with Crippen LogP contribution in [-0.2, 0) is 6.18 Å². The topological polar surface area (TPSA) is 35.8 Å². The summed E-state index contributed by atoms with van der Waals surface area (Å²) in [6, 6.07) is 7.31. The zero-order valence-electron chi connectivity index (χ0n) is 12.6. The third-order valence-electron chi connectivity index (χ3n) is 3.54. The minimum absolute atomic E-state index is 0.0180. The Morgan fingerprint density at radius 3 is 2.24 bits per heavy atom. The fraction of sp³-hybridized carbons (Fsp3) is 0.562. The molecule has 0 aliphatic heterocycles. The van der Waals surface area contributed by atoms with Gasteiger partial charge in [0.25, 0.3) is 0 Å². The van der Waals surface area contributed by atoms with Crippen LogP contribution in [0.2, 0.25) is 0 Å². The molecule has 0 fully saturated rings. The largest absolute Gasteiger partial charge is 0.416 e. The molecule has 0 amide bonds. The van der Waals surface area contributed by atoms with Gasteiger partial charge in [-0.05, 0) is 36.5 Å². The Morgan fingerprint density at radius 2 is 1.76 bits per heavy atom. The van der Waals surface area contributed by atoms with E-state index in [-0.39, 0.29) is 11.5 Å². The van der Waals surface area contributed by atoms with Gasteiger partial charge >= 0.3 is 6.18 Å². The minimum Gasteiger partial charge on any atom is -0.310 e. The van der Waals surface area contributed by atoms with Crippen molar-refractivity contribution in [3.8, 4) is 6.07 Å². The van der Waals surface area contributed by atoms with Crippen molar-refractivity contribution in [2.75, 3.05) is 6.54 Å². The third kappa shape index (κ3) is 5.76. The van der Waals surface area contributed by atoms with Crippen molar-refractivity contribution >= 4 is 0 Å². The van der Waals surface area contributed by atoms with Crippen LogP contribution in [0.25, 0.3) is 0 Å². The van der Waals surface area contributed by atoms with Crippen molar-refractivity contribution in [1.82, 2.24) is 5.32 Å². The quantitative estimate of drug-likeness (QED) is 0.827. The van der Waals surface area contributed by atoms with Crippen LogP contribution < -0.4 is 5.32 Å². The van der Waals surface area contributed by atoms with Crippen molar-refractivity contribution in [2.45, 2.75) is 45.8 Å². The highest BCUT2D eigenvalue weighted by molar-refractivity contribution is 5.26. The lowest BCUT2D eigenvalue weighted by molar-refractivity contribution is -0.137. The van der Waals surface area contributed by atoms with E-state index in [4.69, 9.17) is 5.26 Å². The van der Waals surface area contributed by atoms with Crippen LogP contribution in [-0.4, -0.2) is 6.54 Å². The number of hydrogen-bond acceptors (Lipinski definition) is 2. The van der Waals surface area contributed by atoms with Crippen molar-refractivity contribution in [3.05, 3.63) is 35.4 Å². The van der Waals surface area contributed by atoms with E-state index < -0.39 is 11.7 Å². The molecule has 1 aromatic rings. The number of nitrogens with zero attached hydrogens (tertiary/aromatic N) is 1. The first-order valence-electron chi connectivity index (χ1n) is 6.93. The van der Waals surface area contributed by atoms with Crippen LogP contribution in [0, 0.1) is 16.7 Å². The van der Waals surface area contributed by atoms with Crippen LogP contribution in [0.5, 0.6) is 0 Å². The highest BCUT2D eigenvalue weighted by Gasteiger charge is 2.30. The van der Waals surface area contributed by atoms with Crippen LogP contribution in [0.15, 0.2) is 24.3 Å². The summed E-state index contributed by atoms with van der Waals surface area (Å²) in [7, 11) is 0. The van der Waals surface area contributed by atoms with Gasteiger partial charge in [0, 0.05) is 19.0 Å². The molecule has 1 rings (SSSR count). The molecule has 0 aliphatic carbocycles. The van der Waals surface area contributed by atoms with Crippen molar-refractivity contribution in [3.63, 3.8) is 0 Å². The molecule has 0 saturated carbocycles. The fourth-order valence-electron chi connectivity index (χ4n) is 1.99. The lowest BCUT2D eigenvalue weighted by atomic mass is 9.87. The van der Waals surface area contributed by atoms with Crippen LogP contribution >= 0.6 is 0 Å². The molecule has 0 spiro atoms. The molecule has 2 nitrogen and oxygen atoms in total. The molecule has 0 radical (unpaired) electrons. The molecule has 0 saturated heterocycles. The normalized spacial score (nSPS) is 13.8. The van der Waals surface area contributed by atoms with Crippen molar-refractivity contribution < 1.29 is 13.2 Å². The highest BCUT2D eigenvalue weighted by atomic mass is 19.4. The number of rotatable bonds is 6. The van der Waals surface area contributed by atoms with Gasteiger partial charge in [-0.2, -0.15) is 18.4 Å². The van der Waals surface area contributed by atoms with Crippen LogP contribution in [0.1, 0.15) is 50.8 Å². The Labute approximate surface area is 124 Å². The van der Waals surface area contributed by atoms with Gasteiger partial charge in [0.15, 0.2) is 0 Å². The molecule has 0 heterocycles. The smallest absolute Gasteiger partial charge is 0.310 e. The second-order valence-corrected chi connectivity index (χ2v) is 6.04. The second kappa shape index (κ2) is 6.95. The first-order valence-corrected chi connectivity index (χ1v) is 6.93. The zero-order valence-corrected chi connectivity index (χ0v) is 12.6. The summed E-state index contributed by atoms with van der Waals surface area (Å²) in [6.45, 7) is 6.76. The van der Waals surface area contributed by atoms with Crippen LogP contribution in [0.3, 0.4) is 0 Å². The predicted octanol–water partition coefficient (Wildman–Crippen LogP) is 4.69. The minimum atomic E-state index is -4.30. The van der Waals surface area contributed by atoms with E-state index >= 15 is 0 Å². The summed E-state index contributed by atoms with van der Waals surface area (Å²) in [5.41, 5.74) is 0.169. The number of halogens is 3. The number of alkyl halides is 3. The summed E-state index contributed by atoms with van der Waals surface area (Å²) in [5, 5.41) is 11.9. The van der Waals surface area contributed by atoms with Gasteiger partial charge in [0.1, 0.15) is 0 Å². The Kier molecular flexibility index (Phi) is 5.79. The molecule has 0 bridgehead atoms. The summed E-state index contributed by atoms with van der Waals surface area (Å²) in [5.74, 6) is 0. The maximum Gasteiger partial charge on any atom is 0.416 e. The molecule has 1 aromatic carbocycles. The second-order valence-electron chi connectivity index (χ2n) is 6.04. The van der Waals surface area contributed by atoms with E-state index in [9.17, 15) is 13.2 Å². The average molecular weight is 298 g/mol. The molecule has 1 unspecified atom stereocenters. The van der Waals surface area contributed by atoms with E-state index in [0.29, 0.717) is 13.0 Å². The summed E-state index contributed by atoms with van der Waals surface area (Å²) >= 11 is 0. The number of benzene rings is 1. The van der Waals surface area contributed by atoms with E-state index in [1.165, 1.54) is 12.1 Å². The number of hydrogen-bond donors (Lipinski definition) is 1. The highest BCUT2D eigenvalue weighted by Crippen LogP contribution is 2.30. The first-order chi connectivity index (χ1) is 9.65. The lowest BCUT2D eigenvalue weighted by Crippen LogP contribution is -2.31. The van der Waals surface area contributed by atoms with Gasteiger partial charge in [-0.25, -0.2) is 0 Å². The molecule has 1 atom stereocenters. The van der Waals surface area contributed by atoms with E-state index in [1.54, 1.807) is 0 Å². The third-order valence-corrected chi connectivity index (χ3v) is 3.54. The Morgan fingerprint density at radius 1 is 1.19 bits per heavy atom. The van der Waals surface area contributed by atoms with Gasteiger partial charge < -0.3 is 5.32 Å². The molecule has 5 heteroatoms. The summed E-state index contributed by atoms with van der Waals surface area (Å²) < 4.78 is 37.5. The Hall–Kier alpha value is -1.54. The molecule has 1 N–H and O–H groups in total. The molecule has 0 aliphatic rings. The fourth-order valence-corrected chi connectivity index (χ4v) is 1.99. The van der Waals surface area contributed by atoms with Gasteiger partial charge in [-0.3, -0.25) is 0 Å². The van der Waals surface area contributed by atoms with E-state index in [2.05, 4.69) is 25.2 Å².